The van der Waals surface area contributed by atoms with Crippen LogP contribution in [0.1, 0.15) is 29.5 Å². The zero-order chi connectivity index (χ0) is 19.9. The molecule has 3 atom stereocenters. The van der Waals surface area contributed by atoms with Crippen molar-refractivity contribution >= 4 is 16.5 Å². The van der Waals surface area contributed by atoms with Gasteiger partial charge in [-0.05, 0) is 64.6 Å². The van der Waals surface area contributed by atoms with E-state index in [0.29, 0.717) is 17.9 Å². The fourth-order valence-corrected chi connectivity index (χ4v) is 5.09. The Morgan fingerprint density at radius 3 is 2.50 bits per heavy atom. The van der Waals surface area contributed by atoms with E-state index in [-0.39, 0.29) is 0 Å². The number of allylic oxidation sites excluding steroid dienone is 2. The lowest BCUT2D eigenvalue weighted by molar-refractivity contribution is 0.424. The Kier molecular flexibility index (Phi) is 4.09. The standard InChI is InChI=1S/C28H23NO/c1-2-10-20(11-3-1)30-21-16-17-27-26(18-21)23-13-7-15-25(23)28(29-27)24-14-6-9-19-8-4-5-12-22(19)24/h1-14,16-18,23,25,28-29H,15H2. The monoisotopic (exact) mass is 389 g/mol. The van der Waals surface area contributed by atoms with Gasteiger partial charge in [0, 0.05) is 11.6 Å². The molecule has 0 saturated carbocycles. The largest absolute Gasteiger partial charge is 0.457 e. The van der Waals surface area contributed by atoms with Crippen molar-refractivity contribution in [2.45, 2.75) is 18.4 Å². The van der Waals surface area contributed by atoms with Crippen LogP contribution in [0.3, 0.4) is 0 Å². The molecule has 0 aromatic heterocycles. The maximum Gasteiger partial charge on any atom is 0.127 e. The molecule has 1 aliphatic heterocycles. The van der Waals surface area contributed by atoms with Crippen LogP contribution >= 0.6 is 0 Å². The molecule has 0 bridgehead atoms. The van der Waals surface area contributed by atoms with Gasteiger partial charge >= 0.3 is 0 Å². The summed E-state index contributed by atoms with van der Waals surface area (Å²) in [5, 5.41) is 6.52. The summed E-state index contributed by atoms with van der Waals surface area (Å²) in [4.78, 5) is 0. The Hall–Kier alpha value is -3.52. The minimum absolute atomic E-state index is 0.296. The first-order valence-electron chi connectivity index (χ1n) is 10.6. The third kappa shape index (κ3) is 2.88. The molecule has 1 heterocycles. The van der Waals surface area contributed by atoms with Gasteiger partial charge < -0.3 is 10.1 Å². The highest BCUT2D eigenvalue weighted by atomic mass is 16.5. The van der Waals surface area contributed by atoms with E-state index in [2.05, 4.69) is 78.1 Å². The molecule has 0 saturated heterocycles. The summed E-state index contributed by atoms with van der Waals surface area (Å²) >= 11 is 0. The van der Waals surface area contributed by atoms with Crippen molar-refractivity contribution in [2.24, 2.45) is 5.92 Å². The summed E-state index contributed by atoms with van der Waals surface area (Å²) in [6, 6.07) is 32.1. The van der Waals surface area contributed by atoms with Gasteiger partial charge in [0.2, 0.25) is 0 Å². The number of hydrogen-bond acceptors (Lipinski definition) is 2. The van der Waals surface area contributed by atoms with Crippen LogP contribution in [0, 0.1) is 5.92 Å². The summed E-state index contributed by atoms with van der Waals surface area (Å²) in [6.07, 6.45) is 5.82. The van der Waals surface area contributed by atoms with Crippen LogP contribution in [0.2, 0.25) is 0 Å². The predicted molar refractivity (Wildman–Crippen MR) is 123 cm³/mol. The normalized spacial score (nSPS) is 21.7. The summed E-state index contributed by atoms with van der Waals surface area (Å²) in [5.74, 6) is 2.68. The van der Waals surface area contributed by atoms with E-state index in [9.17, 15) is 0 Å². The third-order valence-corrected chi connectivity index (χ3v) is 6.47. The second kappa shape index (κ2) is 7.07. The van der Waals surface area contributed by atoms with Crippen molar-refractivity contribution in [3.05, 3.63) is 114 Å². The van der Waals surface area contributed by atoms with Gasteiger partial charge in [-0.3, -0.25) is 0 Å². The summed E-state index contributed by atoms with van der Waals surface area (Å²) in [5.41, 5.74) is 3.93. The Balaban J connectivity index is 1.40. The highest BCUT2D eigenvalue weighted by Crippen LogP contribution is 2.51. The molecule has 0 amide bonds. The number of benzene rings is 4. The van der Waals surface area contributed by atoms with Crippen LogP contribution in [-0.4, -0.2) is 0 Å². The second-order valence-corrected chi connectivity index (χ2v) is 8.21. The van der Waals surface area contributed by atoms with Gasteiger partial charge in [-0.15, -0.1) is 0 Å². The number of ether oxygens (including phenoxy) is 1. The van der Waals surface area contributed by atoms with Crippen LogP contribution in [0.5, 0.6) is 11.5 Å². The zero-order valence-corrected chi connectivity index (χ0v) is 16.7. The average molecular weight is 389 g/mol. The van der Waals surface area contributed by atoms with E-state index in [1.165, 1.54) is 27.6 Å². The smallest absolute Gasteiger partial charge is 0.127 e. The molecule has 4 aromatic carbocycles. The molecule has 1 N–H and O–H groups in total. The van der Waals surface area contributed by atoms with E-state index >= 15 is 0 Å². The minimum Gasteiger partial charge on any atom is -0.457 e. The molecule has 2 nitrogen and oxygen atoms in total. The second-order valence-electron chi connectivity index (χ2n) is 8.21. The van der Waals surface area contributed by atoms with Crippen molar-refractivity contribution in [3.63, 3.8) is 0 Å². The van der Waals surface area contributed by atoms with Crippen molar-refractivity contribution in [2.75, 3.05) is 5.32 Å². The molecule has 2 aliphatic rings. The lowest BCUT2D eigenvalue weighted by Crippen LogP contribution is -2.29. The molecule has 6 rings (SSSR count). The lowest BCUT2D eigenvalue weighted by Gasteiger charge is -2.38. The Morgan fingerprint density at radius 2 is 1.57 bits per heavy atom. The minimum atomic E-state index is 0.296. The summed E-state index contributed by atoms with van der Waals surface area (Å²) in [7, 11) is 0. The van der Waals surface area contributed by atoms with Gasteiger partial charge in [0.25, 0.3) is 0 Å². The van der Waals surface area contributed by atoms with Crippen LogP contribution in [0.15, 0.2) is 103 Å². The van der Waals surface area contributed by atoms with Gasteiger partial charge in [0.1, 0.15) is 11.5 Å². The molecule has 4 aromatic rings. The van der Waals surface area contributed by atoms with Crippen LogP contribution in [-0.2, 0) is 0 Å². The molecule has 30 heavy (non-hydrogen) atoms. The molecule has 2 heteroatoms. The number of fused-ring (bicyclic) bond motifs is 4. The van der Waals surface area contributed by atoms with Crippen LogP contribution < -0.4 is 10.1 Å². The van der Waals surface area contributed by atoms with Gasteiger partial charge in [-0.25, -0.2) is 0 Å². The SMILES string of the molecule is C1=CC2c3cc(Oc4ccccc4)ccc3NC(c3cccc4ccccc34)C2C1. The molecule has 0 fully saturated rings. The summed E-state index contributed by atoms with van der Waals surface area (Å²) in [6.45, 7) is 0. The Bertz CT molecular complexity index is 1240. The molecule has 3 unspecified atom stereocenters. The topological polar surface area (TPSA) is 21.3 Å². The van der Waals surface area contributed by atoms with Gasteiger partial charge in [-0.2, -0.15) is 0 Å². The maximum atomic E-state index is 6.11. The molecular weight excluding hydrogens is 366 g/mol. The highest BCUT2D eigenvalue weighted by molar-refractivity contribution is 5.86. The van der Waals surface area contributed by atoms with E-state index < -0.39 is 0 Å². The number of nitrogens with one attached hydrogen (secondary N) is 1. The average Bonchev–Trinajstić information content (AvgIpc) is 3.29. The first-order chi connectivity index (χ1) is 14.9. The lowest BCUT2D eigenvalue weighted by atomic mass is 9.76. The Morgan fingerprint density at radius 1 is 0.733 bits per heavy atom. The highest BCUT2D eigenvalue weighted by Gasteiger charge is 2.38. The fraction of sp³-hybridized carbons (Fsp3) is 0.143. The van der Waals surface area contributed by atoms with Crippen molar-refractivity contribution in [1.29, 1.82) is 0 Å². The van der Waals surface area contributed by atoms with E-state index in [1.807, 2.05) is 30.3 Å². The van der Waals surface area contributed by atoms with E-state index in [0.717, 1.165) is 17.9 Å². The van der Waals surface area contributed by atoms with Crippen molar-refractivity contribution in [1.82, 2.24) is 0 Å². The first kappa shape index (κ1) is 17.3. The van der Waals surface area contributed by atoms with Crippen LogP contribution in [0.25, 0.3) is 10.8 Å². The molecule has 0 radical (unpaired) electrons. The van der Waals surface area contributed by atoms with Gasteiger partial charge in [0.05, 0.1) is 6.04 Å². The maximum absolute atomic E-state index is 6.11. The number of rotatable bonds is 3. The van der Waals surface area contributed by atoms with E-state index in [1.54, 1.807) is 0 Å². The first-order valence-corrected chi connectivity index (χ1v) is 10.6. The third-order valence-electron chi connectivity index (χ3n) is 6.47. The van der Waals surface area contributed by atoms with E-state index in [4.69, 9.17) is 4.74 Å². The molecule has 1 aliphatic carbocycles. The molecule has 0 spiro atoms. The predicted octanol–water partition coefficient (Wildman–Crippen LogP) is 7.46. The van der Waals surface area contributed by atoms with Crippen molar-refractivity contribution < 1.29 is 4.74 Å². The fourth-order valence-electron chi connectivity index (χ4n) is 5.09. The number of anilines is 1. The molecular formula is C28H23NO. The van der Waals surface area contributed by atoms with Gasteiger partial charge in [0.15, 0.2) is 0 Å². The number of hydrogen-bond donors (Lipinski definition) is 1. The quantitative estimate of drug-likeness (QED) is 0.367. The number of para-hydroxylation sites is 1. The molecule has 146 valence electrons. The van der Waals surface area contributed by atoms with Crippen LogP contribution in [0.4, 0.5) is 5.69 Å². The summed E-state index contributed by atoms with van der Waals surface area (Å²) < 4.78 is 6.11. The van der Waals surface area contributed by atoms with Crippen molar-refractivity contribution in [3.8, 4) is 11.5 Å². The van der Waals surface area contributed by atoms with Gasteiger partial charge in [-0.1, -0.05) is 72.8 Å². The zero-order valence-electron chi connectivity index (χ0n) is 16.7. The Labute approximate surface area is 176 Å².